The van der Waals surface area contributed by atoms with Crippen LogP contribution in [0.15, 0.2) is 18.2 Å². The lowest BCUT2D eigenvalue weighted by molar-refractivity contribution is 0.252. The fraction of sp³-hybridized carbons (Fsp3) is 0.300. The van der Waals surface area contributed by atoms with E-state index >= 15 is 0 Å². The van der Waals surface area contributed by atoms with E-state index < -0.39 is 0 Å². The van der Waals surface area contributed by atoms with Gasteiger partial charge in [0.25, 0.3) is 0 Å². The van der Waals surface area contributed by atoms with Crippen LogP contribution in [-0.4, -0.2) is 12.6 Å². The molecule has 14 heavy (non-hydrogen) atoms. The molecule has 76 valence electrons. The zero-order valence-electron chi connectivity index (χ0n) is 8.23. The lowest BCUT2D eigenvalue weighted by atomic mass is 10.2. The van der Waals surface area contributed by atoms with Crippen molar-refractivity contribution in [2.75, 3.05) is 11.9 Å². The average Bonchev–Trinajstić information content (AvgIpc) is 2.10. The molecule has 3 nitrogen and oxygen atoms in total. The van der Waals surface area contributed by atoms with E-state index in [2.05, 4.69) is 10.6 Å². The van der Waals surface area contributed by atoms with Crippen molar-refractivity contribution in [1.82, 2.24) is 5.32 Å². The molecule has 4 heteroatoms. The van der Waals surface area contributed by atoms with Crippen LogP contribution in [0.5, 0.6) is 0 Å². The summed E-state index contributed by atoms with van der Waals surface area (Å²) in [4.78, 5) is 11.1. The van der Waals surface area contributed by atoms with E-state index in [9.17, 15) is 9.18 Å². The largest absolute Gasteiger partial charge is 0.338 e. The van der Waals surface area contributed by atoms with Gasteiger partial charge in [-0.1, -0.05) is 0 Å². The van der Waals surface area contributed by atoms with Gasteiger partial charge in [0.05, 0.1) is 0 Å². The van der Waals surface area contributed by atoms with Gasteiger partial charge in [-0.25, -0.2) is 9.18 Å². The summed E-state index contributed by atoms with van der Waals surface area (Å²) in [5.74, 6) is -0.302. The molecule has 1 aromatic carbocycles. The first-order valence-electron chi connectivity index (χ1n) is 4.44. The fourth-order valence-corrected chi connectivity index (χ4v) is 1.09. The number of amides is 2. The Kier molecular flexibility index (Phi) is 3.45. The Balaban J connectivity index is 2.72. The van der Waals surface area contributed by atoms with Crippen LogP contribution in [0.4, 0.5) is 14.9 Å². The van der Waals surface area contributed by atoms with E-state index in [0.29, 0.717) is 17.8 Å². The lowest BCUT2D eigenvalue weighted by Crippen LogP contribution is -2.28. The molecule has 0 saturated carbocycles. The number of carbonyl (C=O) groups excluding carboxylic acids is 1. The maximum atomic E-state index is 12.7. The summed E-state index contributed by atoms with van der Waals surface area (Å²) in [6, 6.07) is 3.96. The van der Waals surface area contributed by atoms with Crippen LogP contribution in [0.3, 0.4) is 0 Å². The smallest absolute Gasteiger partial charge is 0.319 e. The number of aryl methyl sites for hydroxylation is 1. The number of halogens is 1. The van der Waals surface area contributed by atoms with Crippen molar-refractivity contribution in [3.63, 3.8) is 0 Å². The van der Waals surface area contributed by atoms with Crippen molar-refractivity contribution in [1.29, 1.82) is 0 Å². The lowest BCUT2D eigenvalue weighted by Gasteiger charge is -2.08. The minimum atomic E-state index is -0.302. The van der Waals surface area contributed by atoms with Gasteiger partial charge in [0.15, 0.2) is 0 Å². The normalized spacial score (nSPS) is 9.64. The van der Waals surface area contributed by atoms with Crippen LogP contribution in [0, 0.1) is 12.7 Å². The maximum absolute atomic E-state index is 12.7. The molecule has 2 amide bonds. The first-order valence-corrected chi connectivity index (χ1v) is 4.44. The van der Waals surface area contributed by atoms with E-state index in [1.807, 2.05) is 6.92 Å². The van der Waals surface area contributed by atoms with Crippen LogP contribution in [0.25, 0.3) is 0 Å². The zero-order chi connectivity index (χ0) is 10.6. The van der Waals surface area contributed by atoms with Crippen molar-refractivity contribution in [2.24, 2.45) is 0 Å². The van der Waals surface area contributed by atoms with E-state index in [1.165, 1.54) is 12.1 Å². The molecular weight excluding hydrogens is 183 g/mol. The van der Waals surface area contributed by atoms with Crippen LogP contribution >= 0.6 is 0 Å². The van der Waals surface area contributed by atoms with Crippen molar-refractivity contribution < 1.29 is 9.18 Å². The molecule has 0 aromatic heterocycles. The quantitative estimate of drug-likeness (QED) is 0.748. The maximum Gasteiger partial charge on any atom is 0.319 e. The third kappa shape index (κ3) is 2.73. The number of nitrogens with one attached hydrogen (secondary N) is 2. The molecule has 0 aliphatic heterocycles. The third-order valence-electron chi connectivity index (χ3n) is 1.77. The molecular formula is C10H13FN2O. The predicted molar refractivity (Wildman–Crippen MR) is 53.8 cm³/mol. The molecule has 2 N–H and O–H groups in total. The molecule has 0 saturated heterocycles. The highest BCUT2D eigenvalue weighted by Gasteiger charge is 2.03. The Bertz CT molecular complexity index is 339. The molecule has 1 rings (SSSR count). The highest BCUT2D eigenvalue weighted by molar-refractivity contribution is 5.89. The first kappa shape index (κ1) is 10.5. The second-order valence-electron chi connectivity index (χ2n) is 2.94. The molecule has 0 aliphatic rings. The van der Waals surface area contributed by atoms with Gasteiger partial charge < -0.3 is 10.6 Å². The minimum absolute atomic E-state index is 0.276. The third-order valence-corrected chi connectivity index (χ3v) is 1.77. The Morgan fingerprint density at radius 2 is 2.21 bits per heavy atom. The van der Waals surface area contributed by atoms with Gasteiger partial charge >= 0.3 is 6.03 Å². The van der Waals surface area contributed by atoms with Crippen molar-refractivity contribution in [2.45, 2.75) is 13.8 Å². The number of hydrogen-bond acceptors (Lipinski definition) is 1. The molecule has 0 heterocycles. The number of benzene rings is 1. The molecule has 0 bridgehead atoms. The summed E-state index contributed by atoms with van der Waals surface area (Å²) < 4.78 is 12.7. The first-order chi connectivity index (χ1) is 6.63. The number of rotatable bonds is 2. The van der Waals surface area contributed by atoms with Crippen LogP contribution in [0.1, 0.15) is 12.5 Å². The van der Waals surface area contributed by atoms with Gasteiger partial charge in [-0.2, -0.15) is 0 Å². The van der Waals surface area contributed by atoms with Crippen LogP contribution in [-0.2, 0) is 0 Å². The summed E-state index contributed by atoms with van der Waals surface area (Å²) in [6.45, 7) is 4.13. The Hall–Kier alpha value is -1.58. The summed E-state index contributed by atoms with van der Waals surface area (Å²) >= 11 is 0. The van der Waals surface area contributed by atoms with Crippen molar-refractivity contribution in [3.05, 3.63) is 29.6 Å². The Morgan fingerprint density at radius 1 is 1.50 bits per heavy atom. The minimum Gasteiger partial charge on any atom is -0.338 e. The van der Waals surface area contributed by atoms with Gasteiger partial charge in [-0.15, -0.1) is 0 Å². The SMILES string of the molecule is CCNC(=O)Nc1ccc(F)cc1C. The molecule has 0 unspecified atom stereocenters. The molecule has 1 aromatic rings. The number of hydrogen-bond donors (Lipinski definition) is 2. The zero-order valence-corrected chi connectivity index (χ0v) is 8.23. The topological polar surface area (TPSA) is 41.1 Å². The Labute approximate surface area is 82.3 Å². The molecule has 0 fully saturated rings. The fourth-order valence-electron chi connectivity index (χ4n) is 1.09. The number of urea groups is 1. The van der Waals surface area contributed by atoms with E-state index in [-0.39, 0.29) is 11.8 Å². The van der Waals surface area contributed by atoms with E-state index in [1.54, 1.807) is 13.0 Å². The van der Waals surface area contributed by atoms with Gasteiger partial charge in [0, 0.05) is 12.2 Å². The van der Waals surface area contributed by atoms with Gasteiger partial charge in [-0.3, -0.25) is 0 Å². The second-order valence-corrected chi connectivity index (χ2v) is 2.94. The molecule has 0 spiro atoms. The second kappa shape index (κ2) is 4.60. The molecule has 0 aliphatic carbocycles. The highest BCUT2D eigenvalue weighted by Crippen LogP contribution is 2.15. The standard InChI is InChI=1S/C10H13FN2O/c1-3-12-10(14)13-9-5-4-8(11)6-7(9)2/h4-6H,3H2,1-2H3,(H2,12,13,14). The highest BCUT2D eigenvalue weighted by atomic mass is 19.1. The van der Waals surface area contributed by atoms with Crippen LogP contribution < -0.4 is 10.6 Å². The number of anilines is 1. The van der Waals surface area contributed by atoms with Gasteiger partial charge in [0.2, 0.25) is 0 Å². The van der Waals surface area contributed by atoms with Crippen LogP contribution in [0.2, 0.25) is 0 Å². The summed E-state index contributed by atoms with van der Waals surface area (Å²) in [7, 11) is 0. The number of carbonyl (C=O) groups is 1. The monoisotopic (exact) mass is 196 g/mol. The van der Waals surface area contributed by atoms with E-state index in [0.717, 1.165) is 0 Å². The van der Waals surface area contributed by atoms with Crippen molar-refractivity contribution in [3.8, 4) is 0 Å². The van der Waals surface area contributed by atoms with Gasteiger partial charge in [0.1, 0.15) is 5.82 Å². The molecule has 0 radical (unpaired) electrons. The van der Waals surface area contributed by atoms with E-state index in [4.69, 9.17) is 0 Å². The average molecular weight is 196 g/mol. The van der Waals surface area contributed by atoms with Gasteiger partial charge in [-0.05, 0) is 37.6 Å². The van der Waals surface area contributed by atoms with Crippen molar-refractivity contribution >= 4 is 11.7 Å². The summed E-state index contributed by atoms with van der Waals surface area (Å²) in [5.41, 5.74) is 1.33. The molecule has 0 atom stereocenters. The Morgan fingerprint density at radius 3 is 2.79 bits per heavy atom. The summed E-state index contributed by atoms with van der Waals surface area (Å²) in [5, 5.41) is 5.21. The predicted octanol–water partition coefficient (Wildman–Crippen LogP) is 2.28. The summed E-state index contributed by atoms with van der Waals surface area (Å²) in [6.07, 6.45) is 0.